The second-order valence-corrected chi connectivity index (χ2v) is 7.01. The molecule has 1 amide bonds. The molecule has 1 saturated carbocycles. The van der Waals surface area contributed by atoms with Crippen molar-refractivity contribution in [3.8, 4) is 0 Å². The molecule has 1 aliphatic carbocycles. The lowest BCUT2D eigenvalue weighted by molar-refractivity contribution is -0.137. The molecule has 1 fully saturated rings. The van der Waals surface area contributed by atoms with Gasteiger partial charge in [0.1, 0.15) is 0 Å². The smallest absolute Gasteiger partial charge is 0.225 e. The van der Waals surface area contributed by atoms with Crippen LogP contribution in [0.4, 0.5) is 0 Å². The lowest BCUT2D eigenvalue weighted by Gasteiger charge is -2.39. The van der Waals surface area contributed by atoms with Crippen molar-refractivity contribution in [2.24, 2.45) is 17.3 Å². The number of aliphatic hydroxyl groups excluding tert-OH is 1. The number of nitrogens with zero attached hydrogens (tertiary/aromatic N) is 1. The van der Waals surface area contributed by atoms with Crippen molar-refractivity contribution in [3.63, 3.8) is 0 Å². The number of hydrogen-bond donors (Lipinski definition) is 1. The average molecular weight is 255 g/mol. The van der Waals surface area contributed by atoms with Gasteiger partial charge in [-0.1, -0.05) is 20.8 Å². The van der Waals surface area contributed by atoms with Crippen LogP contribution in [0.1, 0.15) is 53.4 Å². The summed E-state index contributed by atoms with van der Waals surface area (Å²) in [4.78, 5) is 14.2. The number of hydrogen-bond acceptors (Lipinski definition) is 2. The third kappa shape index (κ3) is 4.60. The summed E-state index contributed by atoms with van der Waals surface area (Å²) in [5.41, 5.74) is 0.281. The third-order valence-corrected chi connectivity index (χ3v) is 3.99. The van der Waals surface area contributed by atoms with Gasteiger partial charge < -0.3 is 10.0 Å². The summed E-state index contributed by atoms with van der Waals surface area (Å²) in [5.74, 6) is 1.06. The molecule has 0 bridgehead atoms. The minimum atomic E-state index is -0.332. The Bertz CT molecular complexity index is 286. The van der Waals surface area contributed by atoms with E-state index >= 15 is 0 Å². The zero-order chi connectivity index (χ0) is 13.9. The van der Waals surface area contributed by atoms with Gasteiger partial charge in [-0.3, -0.25) is 4.79 Å². The minimum Gasteiger partial charge on any atom is -0.393 e. The van der Waals surface area contributed by atoms with Crippen LogP contribution >= 0.6 is 0 Å². The Morgan fingerprint density at radius 3 is 2.56 bits per heavy atom. The SMILES string of the molecule is CC(O)CCN(C)C(=O)C1CC(C)CC(C)(C)C1. The normalized spacial score (nSPS) is 28.8. The van der Waals surface area contributed by atoms with Crippen LogP contribution in [0.25, 0.3) is 0 Å². The topological polar surface area (TPSA) is 40.5 Å². The first-order valence-corrected chi connectivity index (χ1v) is 7.14. The molecule has 106 valence electrons. The summed E-state index contributed by atoms with van der Waals surface area (Å²) >= 11 is 0. The Hall–Kier alpha value is -0.570. The molecular formula is C15H29NO2. The molecule has 1 rings (SSSR count). The van der Waals surface area contributed by atoms with Gasteiger partial charge in [0.15, 0.2) is 0 Å². The number of carbonyl (C=O) groups is 1. The molecule has 0 aromatic rings. The van der Waals surface area contributed by atoms with Crippen LogP contribution in [0.2, 0.25) is 0 Å². The maximum absolute atomic E-state index is 12.4. The predicted molar refractivity (Wildman–Crippen MR) is 74.2 cm³/mol. The Morgan fingerprint density at radius 1 is 1.44 bits per heavy atom. The summed E-state index contributed by atoms with van der Waals surface area (Å²) in [6.07, 6.45) is 3.56. The second-order valence-electron chi connectivity index (χ2n) is 7.01. The average Bonchev–Trinajstić information content (AvgIpc) is 2.21. The van der Waals surface area contributed by atoms with E-state index in [2.05, 4.69) is 20.8 Å². The Kier molecular flexibility index (Phi) is 5.20. The van der Waals surface area contributed by atoms with E-state index in [1.54, 1.807) is 11.8 Å². The Balaban J connectivity index is 2.55. The number of carbonyl (C=O) groups excluding carboxylic acids is 1. The van der Waals surface area contributed by atoms with Gasteiger partial charge in [0.25, 0.3) is 0 Å². The van der Waals surface area contributed by atoms with Crippen molar-refractivity contribution in [2.45, 2.75) is 59.5 Å². The van der Waals surface area contributed by atoms with Crippen molar-refractivity contribution in [2.75, 3.05) is 13.6 Å². The zero-order valence-electron chi connectivity index (χ0n) is 12.6. The van der Waals surface area contributed by atoms with E-state index in [4.69, 9.17) is 0 Å². The van der Waals surface area contributed by atoms with Gasteiger partial charge in [0.05, 0.1) is 6.10 Å². The summed E-state index contributed by atoms with van der Waals surface area (Å²) in [6, 6.07) is 0. The van der Waals surface area contributed by atoms with Crippen LogP contribution in [-0.4, -0.2) is 35.6 Å². The van der Waals surface area contributed by atoms with Crippen LogP contribution in [-0.2, 0) is 4.79 Å². The van der Waals surface area contributed by atoms with Crippen LogP contribution in [0.15, 0.2) is 0 Å². The summed E-state index contributed by atoms with van der Waals surface area (Å²) in [5, 5.41) is 9.28. The zero-order valence-corrected chi connectivity index (χ0v) is 12.6. The van der Waals surface area contributed by atoms with Crippen molar-refractivity contribution in [1.82, 2.24) is 4.90 Å². The standard InChI is InChI=1S/C15H29NO2/c1-11-8-13(10-15(3,4)9-11)14(18)16(5)7-6-12(2)17/h11-13,17H,6-10H2,1-5H3. The highest BCUT2D eigenvalue weighted by atomic mass is 16.3. The maximum Gasteiger partial charge on any atom is 0.225 e. The van der Waals surface area contributed by atoms with E-state index in [1.807, 2.05) is 7.05 Å². The van der Waals surface area contributed by atoms with E-state index in [9.17, 15) is 9.90 Å². The van der Waals surface area contributed by atoms with Gasteiger partial charge in [-0.05, 0) is 43.9 Å². The first-order valence-electron chi connectivity index (χ1n) is 7.14. The molecule has 3 heteroatoms. The van der Waals surface area contributed by atoms with Gasteiger partial charge in [-0.2, -0.15) is 0 Å². The fraction of sp³-hybridized carbons (Fsp3) is 0.933. The Labute approximate surface area is 112 Å². The van der Waals surface area contributed by atoms with E-state index < -0.39 is 0 Å². The van der Waals surface area contributed by atoms with Crippen LogP contribution in [0, 0.1) is 17.3 Å². The van der Waals surface area contributed by atoms with Crippen molar-refractivity contribution < 1.29 is 9.90 Å². The van der Waals surface area contributed by atoms with E-state index in [1.165, 1.54) is 6.42 Å². The number of amides is 1. The van der Waals surface area contributed by atoms with E-state index in [0.29, 0.717) is 18.9 Å². The molecule has 0 heterocycles. The Morgan fingerprint density at radius 2 is 2.06 bits per heavy atom. The summed E-state index contributed by atoms with van der Waals surface area (Å²) < 4.78 is 0. The number of rotatable bonds is 4. The lowest BCUT2D eigenvalue weighted by atomic mass is 9.67. The molecule has 3 unspecified atom stereocenters. The van der Waals surface area contributed by atoms with Crippen molar-refractivity contribution in [1.29, 1.82) is 0 Å². The quantitative estimate of drug-likeness (QED) is 0.839. The molecule has 0 spiro atoms. The fourth-order valence-electron chi connectivity index (χ4n) is 3.34. The van der Waals surface area contributed by atoms with Gasteiger partial charge in [0, 0.05) is 19.5 Å². The molecule has 0 aromatic heterocycles. The molecule has 0 aliphatic heterocycles. The van der Waals surface area contributed by atoms with Gasteiger partial charge >= 0.3 is 0 Å². The molecule has 3 atom stereocenters. The molecule has 1 aliphatic rings. The molecule has 0 saturated heterocycles. The van der Waals surface area contributed by atoms with Gasteiger partial charge in [-0.25, -0.2) is 0 Å². The molecule has 18 heavy (non-hydrogen) atoms. The molecular weight excluding hydrogens is 226 g/mol. The predicted octanol–water partition coefficient (Wildman–Crippen LogP) is 2.68. The van der Waals surface area contributed by atoms with Crippen molar-refractivity contribution in [3.05, 3.63) is 0 Å². The lowest BCUT2D eigenvalue weighted by Crippen LogP contribution is -2.40. The van der Waals surface area contributed by atoms with Crippen LogP contribution in [0.3, 0.4) is 0 Å². The van der Waals surface area contributed by atoms with Gasteiger partial charge in [0.2, 0.25) is 5.91 Å². The monoisotopic (exact) mass is 255 g/mol. The first-order chi connectivity index (χ1) is 8.21. The largest absolute Gasteiger partial charge is 0.393 e. The van der Waals surface area contributed by atoms with E-state index in [-0.39, 0.29) is 23.3 Å². The van der Waals surface area contributed by atoms with Crippen LogP contribution < -0.4 is 0 Å². The highest BCUT2D eigenvalue weighted by molar-refractivity contribution is 5.78. The second kappa shape index (κ2) is 6.05. The van der Waals surface area contributed by atoms with Crippen molar-refractivity contribution >= 4 is 5.91 Å². The number of aliphatic hydroxyl groups is 1. The molecule has 3 nitrogen and oxygen atoms in total. The first kappa shape index (κ1) is 15.5. The molecule has 0 radical (unpaired) electrons. The van der Waals surface area contributed by atoms with E-state index in [0.717, 1.165) is 12.8 Å². The minimum absolute atomic E-state index is 0.169. The summed E-state index contributed by atoms with van der Waals surface area (Å²) in [6.45, 7) is 9.19. The molecule has 1 N–H and O–H groups in total. The maximum atomic E-state index is 12.4. The highest BCUT2D eigenvalue weighted by Gasteiger charge is 2.36. The fourth-order valence-corrected chi connectivity index (χ4v) is 3.34. The van der Waals surface area contributed by atoms with Crippen LogP contribution in [0.5, 0.6) is 0 Å². The highest BCUT2D eigenvalue weighted by Crippen LogP contribution is 2.42. The molecule has 0 aromatic carbocycles. The summed E-state index contributed by atoms with van der Waals surface area (Å²) in [7, 11) is 1.86. The third-order valence-electron chi connectivity index (χ3n) is 3.99. The van der Waals surface area contributed by atoms with Gasteiger partial charge in [-0.15, -0.1) is 0 Å².